The lowest BCUT2D eigenvalue weighted by molar-refractivity contribution is 0.0265. The van der Waals surface area contributed by atoms with Crippen LogP contribution in [0.3, 0.4) is 0 Å². The van der Waals surface area contributed by atoms with Gasteiger partial charge in [-0.15, -0.1) is 11.3 Å². The Morgan fingerprint density at radius 2 is 2.32 bits per heavy atom. The van der Waals surface area contributed by atoms with Gasteiger partial charge in [-0.2, -0.15) is 0 Å². The first-order valence-corrected chi connectivity index (χ1v) is 7.61. The Balaban J connectivity index is 2.04. The number of hydrogen-bond acceptors (Lipinski definition) is 5. The van der Waals surface area contributed by atoms with E-state index in [1.54, 1.807) is 17.3 Å². The number of nitrogens with zero attached hydrogens (tertiary/aromatic N) is 2. The summed E-state index contributed by atoms with van der Waals surface area (Å²) in [7, 11) is 1.75. The molecule has 3 N–H and O–H groups in total. The molecule has 1 heterocycles. The molecule has 1 fully saturated rings. The van der Waals surface area contributed by atoms with Gasteiger partial charge in [-0.1, -0.05) is 12.8 Å². The molecule has 0 aromatic carbocycles. The van der Waals surface area contributed by atoms with Crippen LogP contribution in [0.5, 0.6) is 0 Å². The number of thiazole rings is 1. The van der Waals surface area contributed by atoms with Gasteiger partial charge in [-0.25, -0.2) is 4.98 Å². The van der Waals surface area contributed by atoms with E-state index in [2.05, 4.69) is 4.98 Å². The number of nitrogens with two attached hydrogens (primary N) is 1. The minimum Gasteiger partial charge on any atom is -0.391 e. The fraction of sp³-hybridized carbons (Fsp3) is 0.692. The molecule has 6 heteroatoms. The number of amides is 1. The molecule has 0 spiro atoms. The Hall–Kier alpha value is -0.980. The molecule has 1 saturated carbocycles. The maximum atomic E-state index is 12.3. The molecule has 0 radical (unpaired) electrons. The van der Waals surface area contributed by atoms with Crippen LogP contribution >= 0.6 is 11.3 Å². The van der Waals surface area contributed by atoms with Crippen molar-refractivity contribution in [3.05, 3.63) is 16.1 Å². The van der Waals surface area contributed by atoms with Crippen molar-refractivity contribution < 1.29 is 9.90 Å². The van der Waals surface area contributed by atoms with E-state index in [4.69, 9.17) is 5.73 Å². The molecule has 0 saturated heterocycles. The molecule has 1 aromatic rings. The molecule has 1 aromatic heterocycles. The lowest BCUT2D eigenvalue weighted by Crippen LogP contribution is -2.46. The van der Waals surface area contributed by atoms with Crippen molar-refractivity contribution in [2.24, 2.45) is 5.73 Å². The minimum absolute atomic E-state index is 0.0825. The summed E-state index contributed by atoms with van der Waals surface area (Å²) in [4.78, 5) is 18.3. The van der Waals surface area contributed by atoms with Gasteiger partial charge in [0.2, 0.25) is 0 Å². The fourth-order valence-corrected chi connectivity index (χ4v) is 3.31. The third-order valence-corrected chi connectivity index (χ3v) is 4.55. The smallest absolute Gasteiger partial charge is 0.273 e. The Kier molecular flexibility index (Phi) is 4.90. The van der Waals surface area contributed by atoms with E-state index in [1.807, 2.05) is 0 Å². The minimum atomic E-state index is -0.412. The summed E-state index contributed by atoms with van der Waals surface area (Å²) in [5, 5.41) is 12.7. The van der Waals surface area contributed by atoms with E-state index < -0.39 is 6.10 Å². The first-order valence-electron chi connectivity index (χ1n) is 6.73. The molecule has 2 rings (SSSR count). The molecule has 1 aliphatic carbocycles. The second kappa shape index (κ2) is 6.45. The zero-order chi connectivity index (χ0) is 13.8. The quantitative estimate of drug-likeness (QED) is 0.864. The SMILES string of the molecule is CN(C(=O)c1csc(CCN)n1)C1CCCCC1O. The molecule has 106 valence electrons. The van der Waals surface area contributed by atoms with Crippen LogP contribution in [0.25, 0.3) is 0 Å². The number of likely N-dealkylation sites (N-methyl/N-ethyl adjacent to an activating group) is 1. The van der Waals surface area contributed by atoms with E-state index >= 15 is 0 Å². The maximum Gasteiger partial charge on any atom is 0.273 e. The average Bonchev–Trinajstić information content (AvgIpc) is 2.87. The molecule has 1 amide bonds. The van der Waals surface area contributed by atoms with Crippen molar-refractivity contribution in [3.63, 3.8) is 0 Å². The predicted molar refractivity (Wildman–Crippen MR) is 75.2 cm³/mol. The Bertz CT molecular complexity index is 435. The first kappa shape index (κ1) is 14.4. The van der Waals surface area contributed by atoms with Gasteiger partial charge in [0, 0.05) is 18.8 Å². The highest BCUT2D eigenvalue weighted by Gasteiger charge is 2.30. The highest BCUT2D eigenvalue weighted by Crippen LogP contribution is 2.24. The highest BCUT2D eigenvalue weighted by molar-refractivity contribution is 7.09. The molecule has 1 aliphatic rings. The van der Waals surface area contributed by atoms with Gasteiger partial charge < -0.3 is 15.7 Å². The van der Waals surface area contributed by atoms with E-state index in [9.17, 15) is 9.90 Å². The second-order valence-electron chi connectivity index (χ2n) is 5.00. The summed E-state index contributed by atoms with van der Waals surface area (Å²) < 4.78 is 0. The summed E-state index contributed by atoms with van der Waals surface area (Å²) in [6.07, 6.45) is 4.03. The van der Waals surface area contributed by atoms with Gasteiger partial charge in [-0.05, 0) is 19.4 Å². The Morgan fingerprint density at radius 3 is 3.00 bits per heavy atom. The van der Waals surface area contributed by atoms with Gasteiger partial charge in [0.05, 0.1) is 17.2 Å². The third-order valence-electron chi connectivity index (χ3n) is 3.64. The average molecular weight is 283 g/mol. The van der Waals surface area contributed by atoms with E-state index in [0.717, 1.165) is 30.7 Å². The van der Waals surface area contributed by atoms with Crippen molar-refractivity contribution >= 4 is 17.2 Å². The van der Waals surface area contributed by atoms with Crippen molar-refractivity contribution in [1.82, 2.24) is 9.88 Å². The zero-order valence-electron chi connectivity index (χ0n) is 11.2. The first-order chi connectivity index (χ1) is 9.13. The number of carbonyl (C=O) groups excluding carboxylic acids is 1. The Labute approximate surface area is 117 Å². The third kappa shape index (κ3) is 3.32. The monoisotopic (exact) mass is 283 g/mol. The molecule has 5 nitrogen and oxygen atoms in total. The lowest BCUT2D eigenvalue weighted by atomic mass is 9.91. The standard InChI is InChI=1S/C13H21N3O2S/c1-16(10-4-2-3-5-11(10)17)13(18)9-8-19-12(15-9)6-7-14/h8,10-11,17H,2-7,14H2,1H3. The van der Waals surface area contributed by atoms with Gasteiger partial charge >= 0.3 is 0 Å². The summed E-state index contributed by atoms with van der Waals surface area (Å²) in [6.45, 7) is 0.540. The van der Waals surface area contributed by atoms with Gasteiger partial charge in [0.15, 0.2) is 0 Å². The van der Waals surface area contributed by atoms with Crippen LogP contribution in [0, 0.1) is 0 Å². The summed E-state index contributed by atoms with van der Waals surface area (Å²) in [5.41, 5.74) is 5.95. The number of carbonyl (C=O) groups is 1. The number of rotatable bonds is 4. The predicted octanol–water partition coefficient (Wildman–Crippen LogP) is 1.02. The normalized spacial score (nSPS) is 23.3. The molecule has 2 atom stereocenters. The van der Waals surface area contributed by atoms with Crippen molar-refractivity contribution in [2.45, 2.75) is 44.2 Å². The highest BCUT2D eigenvalue weighted by atomic mass is 32.1. The number of aliphatic hydroxyl groups is 1. The van der Waals surface area contributed by atoms with Gasteiger partial charge in [0.25, 0.3) is 5.91 Å². The van der Waals surface area contributed by atoms with Gasteiger partial charge in [-0.3, -0.25) is 4.79 Å². The maximum absolute atomic E-state index is 12.3. The molecular formula is C13H21N3O2S. The molecule has 2 unspecified atom stereocenters. The van der Waals surface area contributed by atoms with Crippen molar-refractivity contribution in [3.8, 4) is 0 Å². The van der Waals surface area contributed by atoms with Crippen molar-refractivity contribution in [1.29, 1.82) is 0 Å². The van der Waals surface area contributed by atoms with Crippen LogP contribution < -0.4 is 5.73 Å². The topological polar surface area (TPSA) is 79.5 Å². The molecular weight excluding hydrogens is 262 g/mol. The lowest BCUT2D eigenvalue weighted by Gasteiger charge is -2.34. The fourth-order valence-electron chi connectivity index (χ4n) is 2.52. The van der Waals surface area contributed by atoms with Crippen molar-refractivity contribution in [2.75, 3.05) is 13.6 Å². The molecule has 0 aliphatic heterocycles. The van der Waals surface area contributed by atoms with Crippen LogP contribution in [0.4, 0.5) is 0 Å². The molecule has 19 heavy (non-hydrogen) atoms. The van der Waals surface area contributed by atoms with E-state index in [-0.39, 0.29) is 11.9 Å². The van der Waals surface area contributed by atoms with Crippen LogP contribution in [-0.2, 0) is 6.42 Å². The summed E-state index contributed by atoms with van der Waals surface area (Å²) in [6, 6.07) is -0.0825. The number of hydrogen-bond donors (Lipinski definition) is 2. The largest absolute Gasteiger partial charge is 0.391 e. The zero-order valence-corrected chi connectivity index (χ0v) is 12.0. The van der Waals surface area contributed by atoms with Crippen LogP contribution in [0.1, 0.15) is 41.2 Å². The summed E-state index contributed by atoms with van der Waals surface area (Å²) in [5.74, 6) is -0.106. The number of aromatic nitrogens is 1. The Morgan fingerprint density at radius 1 is 1.58 bits per heavy atom. The van der Waals surface area contributed by atoms with Crippen LogP contribution in [0.2, 0.25) is 0 Å². The van der Waals surface area contributed by atoms with E-state index in [0.29, 0.717) is 18.7 Å². The van der Waals surface area contributed by atoms with Gasteiger partial charge in [0.1, 0.15) is 5.69 Å². The summed E-state index contributed by atoms with van der Waals surface area (Å²) >= 11 is 1.47. The van der Waals surface area contributed by atoms with Crippen LogP contribution in [0.15, 0.2) is 5.38 Å². The van der Waals surface area contributed by atoms with Crippen LogP contribution in [-0.4, -0.2) is 46.6 Å². The second-order valence-corrected chi connectivity index (χ2v) is 5.94. The van der Waals surface area contributed by atoms with E-state index in [1.165, 1.54) is 11.3 Å². The molecule has 0 bridgehead atoms. The number of aliphatic hydroxyl groups excluding tert-OH is 1.